The molecule has 2 aliphatic rings. The molecule has 0 aromatic heterocycles. The average molecular weight is 389 g/mol. The first-order valence-corrected chi connectivity index (χ1v) is 10.0. The zero-order valence-electron chi connectivity index (χ0n) is 15.9. The van der Waals surface area contributed by atoms with E-state index in [0.29, 0.717) is 36.6 Å². The number of benzene rings is 1. The fourth-order valence-electron chi connectivity index (χ4n) is 4.11. The molecule has 6 nitrogen and oxygen atoms in total. The molecule has 0 aliphatic carbocycles. The van der Waals surface area contributed by atoms with Gasteiger partial charge in [0.1, 0.15) is 5.54 Å². The second kappa shape index (κ2) is 8.35. The minimum absolute atomic E-state index is 0.0423. The topological polar surface area (TPSA) is 78.7 Å². The number of nitrogens with one attached hydrogen (secondary N) is 1. The molecule has 0 spiro atoms. The van der Waals surface area contributed by atoms with Gasteiger partial charge >= 0.3 is 0 Å². The Morgan fingerprint density at radius 1 is 1.04 bits per heavy atom. The van der Waals surface area contributed by atoms with E-state index in [1.807, 2.05) is 12.1 Å². The number of thiocarbonyl (C=S) groups is 1. The Morgan fingerprint density at radius 2 is 1.63 bits per heavy atom. The lowest BCUT2D eigenvalue weighted by Crippen LogP contribution is -2.64. The molecular weight excluding hydrogens is 360 g/mol. The van der Waals surface area contributed by atoms with Crippen molar-refractivity contribution >= 4 is 34.7 Å². The first-order chi connectivity index (χ1) is 12.9. The number of carbonyl (C=O) groups excluding carboxylic acids is 2. The van der Waals surface area contributed by atoms with Crippen LogP contribution in [0.25, 0.3) is 0 Å². The number of amides is 1. The SMILES string of the molecule is CC(=O)c1ccc(NC(=S)N2CCC(C(N)=O)(N3CCCCC3)CC2)cc1. The van der Waals surface area contributed by atoms with Crippen LogP contribution in [0.3, 0.4) is 0 Å². The van der Waals surface area contributed by atoms with Crippen LogP contribution in [0.1, 0.15) is 49.4 Å². The second-order valence-electron chi connectivity index (χ2n) is 7.49. The molecule has 2 aliphatic heterocycles. The molecule has 0 unspecified atom stereocenters. The van der Waals surface area contributed by atoms with Crippen molar-refractivity contribution in [2.45, 2.75) is 44.6 Å². The maximum Gasteiger partial charge on any atom is 0.238 e. The maximum atomic E-state index is 12.3. The lowest BCUT2D eigenvalue weighted by molar-refractivity contribution is -0.134. The number of piperidine rings is 2. The van der Waals surface area contributed by atoms with Crippen molar-refractivity contribution in [1.82, 2.24) is 9.80 Å². The number of anilines is 1. The molecule has 7 heteroatoms. The molecule has 27 heavy (non-hydrogen) atoms. The van der Waals surface area contributed by atoms with Crippen LogP contribution >= 0.6 is 12.2 Å². The zero-order valence-corrected chi connectivity index (χ0v) is 16.7. The molecule has 1 aromatic carbocycles. The highest BCUT2D eigenvalue weighted by molar-refractivity contribution is 7.80. The summed E-state index contributed by atoms with van der Waals surface area (Å²) in [6.45, 7) is 4.87. The first-order valence-electron chi connectivity index (χ1n) is 9.64. The Bertz CT molecular complexity index is 705. The molecular formula is C20H28N4O2S. The van der Waals surface area contributed by atoms with Crippen molar-refractivity contribution in [1.29, 1.82) is 0 Å². The van der Waals surface area contributed by atoms with Gasteiger partial charge in [0.25, 0.3) is 0 Å². The van der Waals surface area contributed by atoms with Gasteiger partial charge in [-0.3, -0.25) is 14.5 Å². The number of nitrogens with two attached hydrogens (primary N) is 1. The lowest BCUT2D eigenvalue weighted by Gasteiger charge is -2.48. The standard InChI is InChI=1S/C20H28N4O2S/c1-15(25)16-5-7-17(8-6-16)22-19(27)23-13-9-20(10-14-23,18(21)26)24-11-3-2-4-12-24/h5-8H,2-4,9-14H2,1H3,(H2,21,26)(H,22,27). The normalized spacial score (nSPS) is 20.1. The van der Waals surface area contributed by atoms with Crippen LogP contribution in [0, 0.1) is 0 Å². The van der Waals surface area contributed by atoms with E-state index < -0.39 is 5.54 Å². The van der Waals surface area contributed by atoms with Gasteiger partial charge in [-0.15, -0.1) is 0 Å². The van der Waals surface area contributed by atoms with Crippen molar-refractivity contribution in [3.63, 3.8) is 0 Å². The zero-order chi connectivity index (χ0) is 19.4. The van der Waals surface area contributed by atoms with Crippen molar-refractivity contribution in [2.24, 2.45) is 5.73 Å². The quantitative estimate of drug-likeness (QED) is 0.609. The minimum atomic E-state index is -0.532. The fraction of sp³-hybridized carbons (Fsp3) is 0.550. The van der Waals surface area contributed by atoms with E-state index in [1.165, 1.54) is 6.42 Å². The summed E-state index contributed by atoms with van der Waals surface area (Å²) in [5.74, 6) is -0.164. The van der Waals surface area contributed by atoms with Gasteiger partial charge in [-0.1, -0.05) is 6.42 Å². The Balaban J connectivity index is 1.60. The van der Waals surface area contributed by atoms with Crippen LogP contribution in [0.4, 0.5) is 5.69 Å². The van der Waals surface area contributed by atoms with Crippen molar-refractivity contribution in [2.75, 3.05) is 31.5 Å². The molecule has 0 saturated carbocycles. The largest absolute Gasteiger partial charge is 0.368 e. The molecule has 146 valence electrons. The van der Waals surface area contributed by atoms with Gasteiger partial charge in [-0.25, -0.2) is 0 Å². The van der Waals surface area contributed by atoms with Crippen LogP contribution in [-0.4, -0.2) is 58.3 Å². The average Bonchev–Trinajstić information content (AvgIpc) is 2.69. The summed E-state index contributed by atoms with van der Waals surface area (Å²) in [5.41, 5.74) is 6.84. The van der Waals surface area contributed by atoms with Crippen molar-refractivity contribution in [3.8, 4) is 0 Å². The summed E-state index contributed by atoms with van der Waals surface area (Å²) in [7, 11) is 0. The van der Waals surface area contributed by atoms with Gasteiger partial charge in [-0.05, 0) is 82.2 Å². The Morgan fingerprint density at radius 3 is 2.15 bits per heavy atom. The van der Waals surface area contributed by atoms with E-state index in [2.05, 4.69) is 15.1 Å². The molecule has 2 fully saturated rings. The van der Waals surface area contributed by atoms with Crippen LogP contribution < -0.4 is 11.1 Å². The molecule has 3 rings (SSSR count). The van der Waals surface area contributed by atoms with E-state index in [9.17, 15) is 9.59 Å². The smallest absolute Gasteiger partial charge is 0.238 e. The van der Waals surface area contributed by atoms with Crippen molar-refractivity contribution < 1.29 is 9.59 Å². The second-order valence-corrected chi connectivity index (χ2v) is 7.88. The van der Waals surface area contributed by atoms with E-state index in [4.69, 9.17) is 18.0 Å². The molecule has 1 aromatic rings. The minimum Gasteiger partial charge on any atom is -0.368 e. The molecule has 1 amide bonds. The third-order valence-electron chi connectivity index (χ3n) is 5.84. The van der Waals surface area contributed by atoms with Gasteiger partial charge in [0.05, 0.1) is 0 Å². The molecule has 0 bridgehead atoms. The summed E-state index contributed by atoms with van der Waals surface area (Å²) in [6.07, 6.45) is 4.90. The predicted molar refractivity (Wildman–Crippen MR) is 111 cm³/mol. The van der Waals surface area contributed by atoms with Crippen molar-refractivity contribution in [3.05, 3.63) is 29.8 Å². The number of Topliss-reactive ketones (excluding diaryl/α,β-unsaturated/α-hetero) is 1. The van der Waals surface area contributed by atoms with Gasteiger partial charge in [0.2, 0.25) is 5.91 Å². The summed E-state index contributed by atoms with van der Waals surface area (Å²) in [6, 6.07) is 7.29. The van der Waals surface area contributed by atoms with Gasteiger partial charge < -0.3 is 16.0 Å². The van der Waals surface area contributed by atoms with Crippen LogP contribution in [-0.2, 0) is 4.79 Å². The van der Waals surface area contributed by atoms with Gasteiger partial charge in [0.15, 0.2) is 10.9 Å². The summed E-state index contributed by atoms with van der Waals surface area (Å²) in [5, 5.41) is 3.87. The number of rotatable bonds is 4. The monoisotopic (exact) mass is 388 g/mol. The summed E-state index contributed by atoms with van der Waals surface area (Å²) < 4.78 is 0. The Labute approximate surface area is 166 Å². The number of hydrogen-bond donors (Lipinski definition) is 2. The van der Waals surface area contributed by atoms with E-state index in [1.54, 1.807) is 19.1 Å². The Hall–Kier alpha value is -1.99. The Kier molecular flexibility index (Phi) is 6.11. The van der Waals surface area contributed by atoms with Crippen LogP contribution in [0.15, 0.2) is 24.3 Å². The number of primary amides is 1. The fourth-order valence-corrected chi connectivity index (χ4v) is 4.41. The highest BCUT2D eigenvalue weighted by Gasteiger charge is 2.45. The number of likely N-dealkylation sites (tertiary alicyclic amines) is 2. The van der Waals surface area contributed by atoms with E-state index in [-0.39, 0.29) is 11.7 Å². The van der Waals surface area contributed by atoms with Crippen LogP contribution in [0.2, 0.25) is 0 Å². The number of ketones is 1. The van der Waals surface area contributed by atoms with E-state index in [0.717, 1.165) is 31.6 Å². The summed E-state index contributed by atoms with van der Waals surface area (Å²) >= 11 is 5.56. The third kappa shape index (κ3) is 4.30. The molecule has 2 heterocycles. The molecule has 3 N–H and O–H groups in total. The van der Waals surface area contributed by atoms with Gasteiger partial charge in [0, 0.05) is 24.3 Å². The molecule has 0 radical (unpaired) electrons. The first kappa shape index (κ1) is 19.8. The van der Waals surface area contributed by atoms with E-state index >= 15 is 0 Å². The molecule has 0 atom stereocenters. The van der Waals surface area contributed by atoms with Gasteiger partial charge in [-0.2, -0.15) is 0 Å². The lowest BCUT2D eigenvalue weighted by atomic mass is 9.83. The predicted octanol–water partition coefficient (Wildman–Crippen LogP) is 2.39. The molecule has 2 saturated heterocycles. The highest BCUT2D eigenvalue weighted by atomic mass is 32.1. The summed E-state index contributed by atoms with van der Waals surface area (Å²) in [4.78, 5) is 28.1. The van der Waals surface area contributed by atoms with Crippen LogP contribution in [0.5, 0.6) is 0 Å². The number of hydrogen-bond acceptors (Lipinski definition) is 4. The number of carbonyl (C=O) groups is 2. The maximum absolute atomic E-state index is 12.3. The number of nitrogens with zero attached hydrogens (tertiary/aromatic N) is 2. The highest BCUT2D eigenvalue weighted by Crippen LogP contribution is 2.31. The third-order valence-corrected chi connectivity index (χ3v) is 6.20.